The minimum absolute atomic E-state index is 0.105. The lowest BCUT2D eigenvalue weighted by Crippen LogP contribution is -2.55. The summed E-state index contributed by atoms with van der Waals surface area (Å²) in [4.78, 5) is 12.3. The van der Waals surface area contributed by atoms with Gasteiger partial charge in [-0.15, -0.1) is 0 Å². The Labute approximate surface area is 165 Å². The van der Waals surface area contributed by atoms with Gasteiger partial charge in [-0.05, 0) is 41.0 Å². The van der Waals surface area contributed by atoms with Crippen LogP contribution in [0.15, 0.2) is 48.5 Å². The Morgan fingerprint density at radius 2 is 1.61 bits per heavy atom. The van der Waals surface area contributed by atoms with Gasteiger partial charge in [-0.2, -0.15) is 0 Å². The molecule has 28 heavy (non-hydrogen) atoms. The Kier molecular flexibility index (Phi) is 4.79. The minimum Gasteiger partial charge on any atom is -0.449 e. The summed E-state index contributed by atoms with van der Waals surface area (Å²) >= 11 is 0. The molecule has 2 fully saturated rings. The fourth-order valence-electron chi connectivity index (χ4n) is 5.00. The molecule has 0 aromatic heterocycles. The van der Waals surface area contributed by atoms with Crippen molar-refractivity contribution in [3.05, 3.63) is 59.7 Å². The molecule has 2 saturated heterocycles. The van der Waals surface area contributed by atoms with E-state index >= 15 is 0 Å². The SMILES string of the molecule is O=C(NCC1CC2COCC(C1)N2)OCC1c2ccccc2-c2ccccc21. The molecule has 3 aliphatic rings. The van der Waals surface area contributed by atoms with Crippen LogP contribution in [-0.2, 0) is 9.47 Å². The molecular formula is C23H26N2O3. The van der Waals surface area contributed by atoms with Crippen LogP contribution in [0.25, 0.3) is 11.1 Å². The third-order valence-corrected chi connectivity index (χ3v) is 6.22. The highest BCUT2D eigenvalue weighted by Gasteiger charge is 2.32. The number of piperidine rings is 1. The molecule has 146 valence electrons. The van der Waals surface area contributed by atoms with Crippen molar-refractivity contribution in [3.63, 3.8) is 0 Å². The third kappa shape index (κ3) is 3.40. The Morgan fingerprint density at radius 3 is 2.25 bits per heavy atom. The Bertz CT molecular complexity index is 811. The highest BCUT2D eigenvalue weighted by Crippen LogP contribution is 2.44. The molecule has 2 atom stereocenters. The predicted molar refractivity (Wildman–Crippen MR) is 107 cm³/mol. The normalized spacial score (nSPS) is 25.6. The Balaban J connectivity index is 1.18. The van der Waals surface area contributed by atoms with Crippen molar-refractivity contribution in [2.75, 3.05) is 26.4 Å². The zero-order valence-corrected chi connectivity index (χ0v) is 15.9. The van der Waals surface area contributed by atoms with Gasteiger partial charge in [0.15, 0.2) is 0 Å². The van der Waals surface area contributed by atoms with Crippen molar-refractivity contribution in [3.8, 4) is 11.1 Å². The number of ether oxygens (including phenoxy) is 2. The molecule has 5 rings (SSSR count). The second-order valence-electron chi connectivity index (χ2n) is 8.14. The maximum absolute atomic E-state index is 12.3. The molecule has 1 aliphatic carbocycles. The van der Waals surface area contributed by atoms with Crippen molar-refractivity contribution >= 4 is 6.09 Å². The number of carbonyl (C=O) groups is 1. The maximum Gasteiger partial charge on any atom is 0.407 e. The second kappa shape index (κ2) is 7.57. The quantitative estimate of drug-likeness (QED) is 0.857. The lowest BCUT2D eigenvalue weighted by atomic mass is 9.87. The first-order valence-electron chi connectivity index (χ1n) is 10.2. The summed E-state index contributed by atoms with van der Waals surface area (Å²) in [5.74, 6) is 0.592. The summed E-state index contributed by atoms with van der Waals surface area (Å²) < 4.78 is 11.2. The number of hydrogen-bond donors (Lipinski definition) is 2. The molecule has 2 N–H and O–H groups in total. The van der Waals surface area contributed by atoms with Crippen LogP contribution < -0.4 is 10.6 Å². The van der Waals surface area contributed by atoms with Crippen LogP contribution in [0, 0.1) is 5.92 Å². The molecule has 2 aromatic carbocycles. The van der Waals surface area contributed by atoms with Crippen molar-refractivity contribution < 1.29 is 14.3 Å². The van der Waals surface area contributed by atoms with Gasteiger partial charge in [0.05, 0.1) is 13.2 Å². The average molecular weight is 378 g/mol. The van der Waals surface area contributed by atoms with Crippen LogP contribution in [0.3, 0.4) is 0 Å². The highest BCUT2D eigenvalue weighted by atomic mass is 16.5. The summed E-state index contributed by atoms with van der Waals surface area (Å²) in [5, 5.41) is 6.57. The smallest absolute Gasteiger partial charge is 0.407 e. The van der Waals surface area contributed by atoms with E-state index in [1.54, 1.807) is 0 Å². The first kappa shape index (κ1) is 17.7. The number of amides is 1. The van der Waals surface area contributed by atoms with Gasteiger partial charge in [0.25, 0.3) is 0 Å². The van der Waals surface area contributed by atoms with E-state index in [0.29, 0.717) is 31.2 Å². The first-order valence-corrected chi connectivity index (χ1v) is 10.2. The third-order valence-electron chi connectivity index (χ3n) is 6.22. The van der Waals surface area contributed by atoms with Gasteiger partial charge in [0.2, 0.25) is 0 Å². The van der Waals surface area contributed by atoms with Crippen LogP contribution in [0.5, 0.6) is 0 Å². The maximum atomic E-state index is 12.3. The summed E-state index contributed by atoms with van der Waals surface area (Å²) in [6, 6.07) is 17.6. The van der Waals surface area contributed by atoms with Crippen molar-refractivity contribution in [1.82, 2.24) is 10.6 Å². The molecule has 2 heterocycles. The number of hydrogen-bond acceptors (Lipinski definition) is 4. The van der Waals surface area contributed by atoms with E-state index in [9.17, 15) is 4.79 Å². The van der Waals surface area contributed by atoms with Crippen LogP contribution in [-0.4, -0.2) is 44.5 Å². The Morgan fingerprint density at radius 1 is 1.00 bits per heavy atom. The van der Waals surface area contributed by atoms with Gasteiger partial charge in [-0.1, -0.05) is 48.5 Å². The first-order chi connectivity index (χ1) is 13.8. The van der Waals surface area contributed by atoms with Crippen LogP contribution in [0.1, 0.15) is 29.9 Å². The number of alkyl carbamates (subject to hydrolysis) is 1. The molecule has 5 nitrogen and oxygen atoms in total. The topological polar surface area (TPSA) is 59.6 Å². The molecular weight excluding hydrogens is 352 g/mol. The van der Waals surface area contributed by atoms with Gasteiger partial charge >= 0.3 is 6.09 Å². The minimum atomic E-state index is -0.318. The van der Waals surface area contributed by atoms with E-state index in [1.165, 1.54) is 22.3 Å². The summed E-state index contributed by atoms with van der Waals surface area (Å²) in [6.45, 7) is 2.59. The molecule has 0 radical (unpaired) electrons. The van der Waals surface area contributed by atoms with E-state index in [1.807, 2.05) is 0 Å². The molecule has 5 heteroatoms. The Hall–Kier alpha value is -2.37. The van der Waals surface area contributed by atoms with Crippen LogP contribution in [0.4, 0.5) is 4.79 Å². The van der Waals surface area contributed by atoms with Crippen LogP contribution in [0.2, 0.25) is 0 Å². The lowest BCUT2D eigenvalue weighted by molar-refractivity contribution is 0.00814. The predicted octanol–water partition coefficient (Wildman–Crippen LogP) is 3.29. The number of carbonyl (C=O) groups excluding carboxylic acids is 1. The average Bonchev–Trinajstić information content (AvgIpc) is 3.04. The zero-order chi connectivity index (χ0) is 18.9. The molecule has 0 spiro atoms. The number of benzene rings is 2. The van der Waals surface area contributed by atoms with Crippen LogP contribution >= 0.6 is 0 Å². The largest absolute Gasteiger partial charge is 0.449 e. The van der Waals surface area contributed by atoms with Gasteiger partial charge in [-0.3, -0.25) is 0 Å². The second-order valence-corrected chi connectivity index (χ2v) is 8.14. The molecule has 2 unspecified atom stereocenters. The zero-order valence-electron chi connectivity index (χ0n) is 15.9. The van der Waals surface area contributed by atoms with Gasteiger partial charge in [0, 0.05) is 24.5 Å². The summed E-state index contributed by atoms with van der Waals surface area (Å²) in [6.07, 6.45) is 1.77. The van der Waals surface area contributed by atoms with Gasteiger partial charge in [-0.25, -0.2) is 4.79 Å². The number of fused-ring (bicyclic) bond motifs is 5. The molecule has 2 aromatic rings. The summed E-state index contributed by atoms with van der Waals surface area (Å²) in [5.41, 5.74) is 4.97. The number of rotatable bonds is 4. The van der Waals surface area contributed by atoms with Gasteiger partial charge < -0.3 is 20.1 Å². The highest BCUT2D eigenvalue weighted by molar-refractivity contribution is 5.79. The molecule has 1 amide bonds. The van der Waals surface area contributed by atoms with Crippen molar-refractivity contribution in [2.45, 2.75) is 30.8 Å². The van der Waals surface area contributed by atoms with Crippen molar-refractivity contribution in [2.24, 2.45) is 5.92 Å². The molecule has 2 bridgehead atoms. The summed E-state index contributed by atoms with van der Waals surface area (Å²) in [7, 11) is 0. The van der Waals surface area contributed by atoms with Gasteiger partial charge in [0.1, 0.15) is 6.61 Å². The van der Waals surface area contributed by atoms with E-state index in [-0.39, 0.29) is 12.0 Å². The lowest BCUT2D eigenvalue weighted by Gasteiger charge is -2.40. The monoisotopic (exact) mass is 378 g/mol. The number of nitrogens with one attached hydrogen (secondary N) is 2. The van der Waals surface area contributed by atoms with Crippen molar-refractivity contribution in [1.29, 1.82) is 0 Å². The molecule has 2 aliphatic heterocycles. The standard InChI is InChI=1S/C23H26N2O3/c26-23(24-11-15-9-16-12-27-13-17(10-15)25-16)28-14-22-20-7-3-1-5-18(20)19-6-2-4-8-21(19)22/h1-8,15-17,22,25H,9-14H2,(H,24,26). The van der Waals surface area contributed by atoms with E-state index in [0.717, 1.165) is 26.1 Å². The van der Waals surface area contributed by atoms with E-state index in [4.69, 9.17) is 9.47 Å². The number of morpholine rings is 1. The fraction of sp³-hybridized carbons (Fsp3) is 0.435. The van der Waals surface area contributed by atoms with E-state index < -0.39 is 0 Å². The molecule has 0 saturated carbocycles. The van der Waals surface area contributed by atoms with E-state index in [2.05, 4.69) is 59.2 Å². The fourth-order valence-corrected chi connectivity index (χ4v) is 5.00.